The number of hydrogen-bond acceptors (Lipinski definition) is 2. The second-order valence-electron chi connectivity index (χ2n) is 4.92. The van der Waals surface area contributed by atoms with Crippen LogP contribution in [0, 0.1) is 9.49 Å². The van der Waals surface area contributed by atoms with Gasteiger partial charge in [-0.2, -0.15) is 0 Å². The van der Waals surface area contributed by atoms with Crippen molar-refractivity contribution in [3.8, 4) is 0 Å². The Kier molecular flexibility index (Phi) is 7.58. The minimum atomic E-state index is 0. The van der Waals surface area contributed by atoms with E-state index in [0.717, 1.165) is 41.6 Å². The molecule has 1 N–H and O–H groups in total. The number of hydrogen-bond donors (Lipinski definition) is 1. The van der Waals surface area contributed by atoms with Crippen molar-refractivity contribution < 1.29 is 4.79 Å². The van der Waals surface area contributed by atoms with Crippen molar-refractivity contribution in [2.75, 3.05) is 26.7 Å². The highest BCUT2D eigenvalue weighted by molar-refractivity contribution is 14.1. The highest BCUT2D eigenvalue weighted by Crippen LogP contribution is 2.23. The Bertz CT molecular complexity index is 462. The lowest BCUT2D eigenvalue weighted by molar-refractivity contribution is 0.0690. The lowest BCUT2D eigenvalue weighted by Crippen LogP contribution is -2.40. The first-order chi connectivity index (χ1) is 9.11. The van der Waals surface area contributed by atoms with E-state index in [1.54, 1.807) is 6.07 Å². The summed E-state index contributed by atoms with van der Waals surface area (Å²) in [5, 5.41) is 3.83. The Labute approximate surface area is 145 Å². The predicted octanol–water partition coefficient (Wildman–Crippen LogP) is 3.44. The largest absolute Gasteiger partial charge is 0.339 e. The van der Waals surface area contributed by atoms with Crippen molar-refractivity contribution >= 4 is 52.5 Å². The second kappa shape index (κ2) is 8.41. The molecule has 1 saturated heterocycles. The summed E-state index contributed by atoms with van der Waals surface area (Å²) in [6.07, 6.45) is 2.15. The van der Waals surface area contributed by atoms with Gasteiger partial charge in [0.1, 0.15) is 0 Å². The third kappa shape index (κ3) is 4.48. The molecule has 1 heterocycles. The molecule has 0 unspecified atom stereocenters. The van der Waals surface area contributed by atoms with Crippen molar-refractivity contribution in [3.63, 3.8) is 0 Å². The summed E-state index contributed by atoms with van der Waals surface area (Å²) in [4.78, 5) is 14.4. The van der Waals surface area contributed by atoms with Crippen LogP contribution in [-0.2, 0) is 0 Å². The van der Waals surface area contributed by atoms with Crippen LogP contribution in [0.25, 0.3) is 0 Å². The van der Waals surface area contributed by atoms with Crippen molar-refractivity contribution in [1.29, 1.82) is 0 Å². The van der Waals surface area contributed by atoms with Crippen LogP contribution in [0.15, 0.2) is 18.2 Å². The average molecular weight is 429 g/mol. The van der Waals surface area contributed by atoms with E-state index in [2.05, 4.69) is 27.9 Å². The predicted molar refractivity (Wildman–Crippen MR) is 94.0 cm³/mol. The summed E-state index contributed by atoms with van der Waals surface area (Å²) >= 11 is 8.17. The maximum atomic E-state index is 12.5. The molecule has 0 atom stereocenters. The zero-order chi connectivity index (χ0) is 13.8. The number of likely N-dealkylation sites (tertiary alicyclic amines) is 1. The highest BCUT2D eigenvalue weighted by atomic mass is 127. The minimum Gasteiger partial charge on any atom is -0.339 e. The van der Waals surface area contributed by atoms with Gasteiger partial charge in [-0.3, -0.25) is 4.79 Å². The van der Waals surface area contributed by atoms with Crippen molar-refractivity contribution in [3.05, 3.63) is 32.4 Å². The van der Waals surface area contributed by atoms with E-state index in [1.807, 2.05) is 24.1 Å². The van der Waals surface area contributed by atoms with Crippen LogP contribution in [0.5, 0.6) is 0 Å². The van der Waals surface area contributed by atoms with Gasteiger partial charge in [-0.05, 0) is 73.1 Å². The van der Waals surface area contributed by atoms with Gasteiger partial charge in [-0.1, -0.05) is 11.6 Å². The molecule has 0 saturated carbocycles. The number of piperidine rings is 1. The Morgan fingerprint density at radius 1 is 1.45 bits per heavy atom. The molecule has 112 valence electrons. The molecule has 0 bridgehead atoms. The van der Waals surface area contributed by atoms with Gasteiger partial charge in [0, 0.05) is 21.7 Å². The summed E-state index contributed by atoms with van der Waals surface area (Å²) in [5.74, 6) is 0.794. The van der Waals surface area contributed by atoms with Gasteiger partial charge in [0.15, 0.2) is 0 Å². The first-order valence-corrected chi connectivity index (χ1v) is 7.96. The van der Waals surface area contributed by atoms with Crippen LogP contribution in [0.3, 0.4) is 0 Å². The SMILES string of the molecule is CNCC1CCN(C(=O)c2cc(Cl)ccc2I)CC1.Cl. The highest BCUT2D eigenvalue weighted by Gasteiger charge is 2.24. The molecule has 0 aliphatic carbocycles. The Morgan fingerprint density at radius 3 is 2.70 bits per heavy atom. The molecule has 1 aromatic carbocycles. The van der Waals surface area contributed by atoms with Gasteiger partial charge in [-0.25, -0.2) is 0 Å². The van der Waals surface area contributed by atoms with Crippen molar-refractivity contribution in [2.24, 2.45) is 5.92 Å². The van der Waals surface area contributed by atoms with Crippen LogP contribution in [0.1, 0.15) is 23.2 Å². The van der Waals surface area contributed by atoms with Gasteiger partial charge in [0.25, 0.3) is 5.91 Å². The van der Waals surface area contributed by atoms with E-state index in [0.29, 0.717) is 10.9 Å². The average Bonchev–Trinajstić information content (AvgIpc) is 2.42. The van der Waals surface area contributed by atoms with E-state index in [-0.39, 0.29) is 18.3 Å². The molecule has 2 rings (SSSR count). The molecule has 1 fully saturated rings. The minimum absolute atomic E-state index is 0. The van der Waals surface area contributed by atoms with E-state index in [9.17, 15) is 4.79 Å². The Balaban J connectivity index is 0.00000200. The Morgan fingerprint density at radius 2 is 2.10 bits per heavy atom. The number of carbonyl (C=O) groups is 1. The summed E-state index contributed by atoms with van der Waals surface area (Å²) in [6, 6.07) is 5.48. The van der Waals surface area contributed by atoms with Gasteiger partial charge < -0.3 is 10.2 Å². The van der Waals surface area contributed by atoms with Gasteiger partial charge in [0.05, 0.1) is 5.56 Å². The fraction of sp³-hybridized carbons (Fsp3) is 0.500. The molecule has 6 heteroatoms. The van der Waals surface area contributed by atoms with Crippen LogP contribution < -0.4 is 5.32 Å². The number of halogens is 3. The van der Waals surface area contributed by atoms with Crippen LogP contribution in [0.4, 0.5) is 0 Å². The molecule has 0 radical (unpaired) electrons. The molecule has 20 heavy (non-hydrogen) atoms. The number of rotatable bonds is 3. The number of nitrogens with one attached hydrogen (secondary N) is 1. The Hall–Kier alpha value is -0.0400. The molecular weight excluding hydrogens is 410 g/mol. The smallest absolute Gasteiger partial charge is 0.254 e. The van der Waals surface area contributed by atoms with Crippen LogP contribution >= 0.6 is 46.6 Å². The second-order valence-corrected chi connectivity index (χ2v) is 6.52. The maximum Gasteiger partial charge on any atom is 0.254 e. The molecule has 0 aromatic heterocycles. The van der Waals surface area contributed by atoms with Crippen molar-refractivity contribution in [2.45, 2.75) is 12.8 Å². The zero-order valence-corrected chi connectivity index (χ0v) is 15.1. The first-order valence-electron chi connectivity index (χ1n) is 6.50. The monoisotopic (exact) mass is 428 g/mol. The van der Waals surface area contributed by atoms with Crippen LogP contribution in [-0.4, -0.2) is 37.5 Å². The van der Waals surface area contributed by atoms with Crippen LogP contribution in [0.2, 0.25) is 5.02 Å². The number of nitrogens with zero attached hydrogens (tertiary/aromatic N) is 1. The first kappa shape index (κ1) is 18.0. The molecule has 0 spiro atoms. The van der Waals surface area contributed by atoms with E-state index in [4.69, 9.17) is 11.6 Å². The zero-order valence-electron chi connectivity index (χ0n) is 11.4. The molecule has 1 aliphatic heterocycles. The number of benzene rings is 1. The van der Waals surface area contributed by atoms with Gasteiger partial charge in [-0.15, -0.1) is 12.4 Å². The third-order valence-electron chi connectivity index (χ3n) is 3.55. The summed E-state index contributed by atoms with van der Waals surface area (Å²) in [5.41, 5.74) is 0.722. The summed E-state index contributed by atoms with van der Waals surface area (Å²) in [6.45, 7) is 2.72. The fourth-order valence-corrected chi connectivity index (χ4v) is 3.20. The summed E-state index contributed by atoms with van der Waals surface area (Å²) < 4.78 is 0.962. The lowest BCUT2D eigenvalue weighted by Gasteiger charge is -2.32. The molecular formula is C14H19Cl2IN2O. The van der Waals surface area contributed by atoms with Gasteiger partial charge in [0.2, 0.25) is 0 Å². The molecule has 3 nitrogen and oxygen atoms in total. The molecule has 1 aromatic rings. The normalized spacial score (nSPS) is 15.8. The lowest BCUT2D eigenvalue weighted by atomic mass is 9.96. The molecule has 1 aliphatic rings. The van der Waals surface area contributed by atoms with Crippen molar-refractivity contribution in [1.82, 2.24) is 10.2 Å². The van der Waals surface area contributed by atoms with E-state index >= 15 is 0 Å². The standard InChI is InChI=1S/C14H18ClIN2O.ClH/c1-17-9-10-4-6-18(7-5-10)14(19)12-8-11(15)2-3-13(12)16;/h2-3,8,10,17H,4-7,9H2,1H3;1H. The van der Waals surface area contributed by atoms with E-state index < -0.39 is 0 Å². The number of carbonyl (C=O) groups excluding carboxylic acids is 1. The number of amides is 1. The third-order valence-corrected chi connectivity index (χ3v) is 4.73. The van der Waals surface area contributed by atoms with Gasteiger partial charge >= 0.3 is 0 Å². The fourth-order valence-electron chi connectivity index (χ4n) is 2.46. The van der Waals surface area contributed by atoms with E-state index in [1.165, 1.54) is 0 Å². The maximum absolute atomic E-state index is 12.5. The summed E-state index contributed by atoms with van der Waals surface area (Å²) in [7, 11) is 1.98. The topological polar surface area (TPSA) is 32.3 Å². The molecule has 1 amide bonds. The quantitative estimate of drug-likeness (QED) is 0.748.